The molecule has 0 saturated heterocycles. The van der Waals surface area contributed by atoms with Gasteiger partial charge in [0.25, 0.3) is 8.32 Å². The van der Waals surface area contributed by atoms with E-state index in [4.69, 9.17) is 23.4 Å². The van der Waals surface area contributed by atoms with Gasteiger partial charge in [0, 0.05) is 11.1 Å². The fourth-order valence-corrected chi connectivity index (χ4v) is 12.6. The van der Waals surface area contributed by atoms with Gasteiger partial charge in [-0.1, -0.05) is 125 Å². The lowest BCUT2D eigenvalue weighted by Crippen LogP contribution is -2.68. The van der Waals surface area contributed by atoms with E-state index in [2.05, 4.69) is 32.6 Å². The molecule has 282 valence electrons. The number of aromatic nitrogens is 1. The molecule has 2 heterocycles. The third-order valence-corrected chi connectivity index (χ3v) is 15.6. The Morgan fingerprint density at radius 1 is 0.927 bits per heavy atom. The second-order valence-corrected chi connectivity index (χ2v) is 20.1. The third kappa shape index (κ3) is 8.88. The number of carboxylic acids is 1. The van der Waals surface area contributed by atoms with Crippen molar-refractivity contribution in [2.75, 3.05) is 19.6 Å². The Hall–Kier alpha value is -5.17. The zero-order valence-corrected chi connectivity index (χ0v) is 33.4. The fourth-order valence-electron chi connectivity index (χ4n) is 6.97. The minimum Gasteiger partial charge on any atom is -0.481 e. The van der Waals surface area contributed by atoms with Gasteiger partial charge in [-0.25, -0.2) is 4.39 Å². The molecule has 55 heavy (non-hydrogen) atoms. The summed E-state index contributed by atoms with van der Waals surface area (Å²) in [6, 6.07) is 33.5. The Morgan fingerprint density at radius 2 is 1.58 bits per heavy atom. The van der Waals surface area contributed by atoms with Crippen molar-refractivity contribution in [2.24, 2.45) is 0 Å². The summed E-state index contributed by atoms with van der Waals surface area (Å²) in [6.07, 6.45) is -1.38. The van der Waals surface area contributed by atoms with Crippen LogP contribution in [0, 0.1) is 17.7 Å². The number of pyridine rings is 1. The highest BCUT2D eigenvalue weighted by Gasteiger charge is 2.52. The molecule has 0 radical (unpaired) electrons. The molecule has 11 heteroatoms. The Bertz CT molecular complexity index is 2180. The van der Waals surface area contributed by atoms with Gasteiger partial charge in [0.2, 0.25) is 13.0 Å². The molecular weight excluding hydrogens is 733 g/mol. The number of aliphatic carboxylic acids is 1. The van der Waals surface area contributed by atoms with E-state index >= 15 is 0 Å². The van der Waals surface area contributed by atoms with Gasteiger partial charge in [-0.05, 0) is 61.8 Å². The standard InChI is InChI=1S/C44H43FNO7PSi/c1-30(2)42-36(38(31-21-23-32(45)24-22-31)27-39(46-42)37-18-12-20-40-43(37)51-29-50-40)19-13-25-52-54(49)28-33(26-41(47)48)53-55(44(3,4)5,34-14-8-6-9-15-34)35-16-10-7-11-17-35/h6-12,14-18,20-24,27,30,33H,25-26,28-29H2,1-5H3/p+1/t33-/m0/s1. The van der Waals surface area contributed by atoms with Crippen LogP contribution >= 0.6 is 8.03 Å². The zero-order valence-electron chi connectivity index (χ0n) is 31.5. The van der Waals surface area contributed by atoms with Crippen LogP contribution in [0.2, 0.25) is 5.04 Å². The largest absolute Gasteiger partial charge is 0.511 e. The van der Waals surface area contributed by atoms with Crippen molar-refractivity contribution in [3.05, 3.63) is 126 Å². The number of carbonyl (C=O) groups is 1. The van der Waals surface area contributed by atoms with Crippen molar-refractivity contribution < 1.29 is 37.3 Å². The maximum atomic E-state index is 14.1. The number of fused-ring (bicyclic) bond motifs is 1. The van der Waals surface area contributed by atoms with E-state index in [0.29, 0.717) is 28.5 Å². The molecule has 4 aromatic carbocycles. The maximum absolute atomic E-state index is 14.1. The van der Waals surface area contributed by atoms with E-state index in [0.717, 1.165) is 27.1 Å². The van der Waals surface area contributed by atoms with Crippen LogP contribution in [0.5, 0.6) is 11.5 Å². The first kappa shape index (κ1) is 39.5. The molecule has 1 aliphatic heterocycles. The van der Waals surface area contributed by atoms with Crippen LogP contribution in [0.25, 0.3) is 22.4 Å². The Balaban J connectivity index is 1.29. The number of ether oxygens (including phenoxy) is 2. The van der Waals surface area contributed by atoms with Crippen molar-refractivity contribution in [1.29, 1.82) is 0 Å². The minimum atomic E-state index is -3.14. The summed E-state index contributed by atoms with van der Waals surface area (Å²) in [6.45, 7) is 10.3. The van der Waals surface area contributed by atoms with E-state index in [9.17, 15) is 18.9 Å². The molecule has 6 rings (SSSR count). The molecule has 0 aliphatic carbocycles. The first-order chi connectivity index (χ1) is 26.4. The number of nitrogens with zero attached hydrogens (tertiary/aromatic N) is 1. The molecule has 1 aliphatic rings. The van der Waals surface area contributed by atoms with Crippen molar-refractivity contribution in [3.63, 3.8) is 0 Å². The van der Waals surface area contributed by atoms with Gasteiger partial charge in [0.1, 0.15) is 11.9 Å². The summed E-state index contributed by atoms with van der Waals surface area (Å²) >= 11 is 0. The normalized spacial score (nSPS) is 13.3. The zero-order chi connectivity index (χ0) is 39.2. The molecule has 1 unspecified atom stereocenters. The van der Waals surface area contributed by atoms with Crippen molar-refractivity contribution in [1.82, 2.24) is 4.98 Å². The quantitative estimate of drug-likeness (QED) is 0.0719. The van der Waals surface area contributed by atoms with Gasteiger partial charge < -0.3 is 19.0 Å². The molecule has 5 aromatic rings. The summed E-state index contributed by atoms with van der Waals surface area (Å²) in [5.74, 6) is 6.00. The molecule has 1 aromatic heterocycles. The van der Waals surface area contributed by atoms with Gasteiger partial charge >= 0.3 is 14.0 Å². The lowest BCUT2D eigenvalue weighted by Gasteiger charge is -2.44. The Labute approximate surface area is 323 Å². The molecule has 2 atom stereocenters. The lowest BCUT2D eigenvalue weighted by molar-refractivity contribution is -0.138. The molecule has 0 saturated carbocycles. The first-order valence-electron chi connectivity index (χ1n) is 18.1. The van der Waals surface area contributed by atoms with Crippen LogP contribution in [0.3, 0.4) is 0 Å². The van der Waals surface area contributed by atoms with Gasteiger partial charge in [-0.2, -0.15) is 0 Å². The number of rotatable bonds is 13. The maximum Gasteiger partial charge on any atom is 0.511 e. The molecule has 0 bridgehead atoms. The predicted molar refractivity (Wildman–Crippen MR) is 215 cm³/mol. The van der Waals surface area contributed by atoms with Crippen LogP contribution in [-0.2, 0) is 18.3 Å². The molecule has 0 spiro atoms. The first-order valence-corrected chi connectivity index (χ1v) is 21.4. The topological polar surface area (TPSA) is 104 Å². The Morgan fingerprint density at radius 3 is 2.18 bits per heavy atom. The second kappa shape index (κ2) is 17.1. The second-order valence-electron chi connectivity index (χ2n) is 14.6. The van der Waals surface area contributed by atoms with Crippen LogP contribution in [0.4, 0.5) is 4.39 Å². The molecule has 0 fully saturated rings. The third-order valence-electron chi connectivity index (χ3n) is 9.43. The SMILES string of the molecule is CC(C)c1nc(-c2cccc3c2OCO3)cc(-c2ccc(F)cc2)c1C#CCO[P+](=O)C[C@H](CC(=O)O)O[Si](c1ccccc1)(c1ccccc1)C(C)(C)C. The average molecular weight is 777 g/mol. The van der Waals surface area contributed by atoms with E-state index < -0.39 is 33.5 Å². The monoisotopic (exact) mass is 776 g/mol. The summed E-state index contributed by atoms with van der Waals surface area (Å²) in [7, 11) is -5.52. The van der Waals surface area contributed by atoms with Crippen LogP contribution < -0.4 is 19.8 Å². The van der Waals surface area contributed by atoms with Crippen LogP contribution in [0.1, 0.15) is 58.2 Å². The molecule has 8 nitrogen and oxygen atoms in total. The minimum absolute atomic E-state index is 0.0506. The Kier molecular flexibility index (Phi) is 12.3. The number of carboxylic acid groups (broad SMARTS) is 1. The van der Waals surface area contributed by atoms with Crippen LogP contribution in [0.15, 0.2) is 109 Å². The fraction of sp³-hybridized carbons (Fsp3) is 0.273. The molecule has 1 N–H and O–H groups in total. The van der Waals surface area contributed by atoms with Crippen molar-refractivity contribution >= 4 is 32.7 Å². The predicted octanol–water partition coefficient (Wildman–Crippen LogP) is 8.94. The highest BCUT2D eigenvalue weighted by Crippen LogP contribution is 2.43. The summed E-state index contributed by atoms with van der Waals surface area (Å²) in [5.41, 5.74) is 4.24. The summed E-state index contributed by atoms with van der Waals surface area (Å²) in [5, 5.41) is 11.5. The smallest absolute Gasteiger partial charge is 0.481 e. The molecular formula is C44H44FNO7PSi+. The van der Waals surface area contributed by atoms with Gasteiger partial charge in [-0.15, -0.1) is 4.52 Å². The lowest BCUT2D eigenvalue weighted by atomic mass is 9.92. The summed E-state index contributed by atoms with van der Waals surface area (Å²) < 4.78 is 51.8. The van der Waals surface area contributed by atoms with Crippen LogP contribution in [-0.4, -0.2) is 50.0 Å². The van der Waals surface area contributed by atoms with Gasteiger partial charge in [0.05, 0.1) is 23.4 Å². The van der Waals surface area contributed by atoms with E-state index in [1.54, 1.807) is 12.1 Å². The number of hydrogen-bond donors (Lipinski definition) is 1. The summed E-state index contributed by atoms with van der Waals surface area (Å²) in [4.78, 5) is 17.2. The van der Waals surface area contributed by atoms with Crippen molar-refractivity contribution in [2.45, 2.75) is 58.1 Å². The number of halogens is 1. The number of benzene rings is 4. The number of hydrogen-bond acceptors (Lipinski definition) is 7. The van der Waals surface area contributed by atoms with Gasteiger partial charge in [-0.3, -0.25) is 9.78 Å². The van der Waals surface area contributed by atoms with Crippen molar-refractivity contribution in [3.8, 4) is 45.7 Å². The van der Waals surface area contributed by atoms with E-state index in [-0.39, 0.29) is 37.7 Å². The highest BCUT2D eigenvalue weighted by molar-refractivity contribution is 7.39. The highest BCUT2D eigenvalue weighted by atomic mass is 31.1. The number of para-hydroxylation sites is 1. The van der Waals surface area contributed by atoms with E-state index in [1.807, 2.05) is 98.8 Å². The average Bonchev–Trinajstić information content (AvgIpc) is 3.65. The molecule has 0 amide bonds. The van der Waals surface area contributed by atoms with E-state index in [1.165, 1.54) is 12.1 Å². The van der Waals surface area contributed by atoms with Gasteiger partial charge in [0.15, 0.2) is 18.1 Å².